The lowest BCUT2D eigenvalue weighted by Crippen LogP contribution is -2.41. The molecule has 2 heteroatoms. The van der Waals surface area contributed by atoms with E-state index < -0.39 is 5.41 Å². The maximum Gasteiger partial charge on any atom is 0.147 e. The van der Waals surface area contributed by atoms with Gasteiger partial charge in [-0.05, 0) is 19.3 Å². The van der Waals surface area contributed by atoms with Crippen LogP contribution >= 0.6 is 0 Å². The van der Waals surface area contributed by atoms with Crippen LogP contribution in [0.25, 0.3) is 0 Å². The third kappa shape index (κ3) is 8.91. The Balaban J connectivity index is 2.13. The van der Waals surface area contributed by atoms with Crippen LogP contribution < -0.4 is 0 Å². The van der Waals surface area contributed by atoms with E-state index in [4.69, 9.17) is 0 Å². The van der Waals surface area contributed by atoms with Gasteiger partial charge in [-0.15, -0.1) is 18.4 Å². The first-order valence-corrected chi connectivity index (χ1v) is 11.3. The number of rotatable bonds is 14. The monoisotopic (exact) mass is 372 g/mol. The summed E-state index contributed by atoms with van der Waals surface area (Å²) in [6.07, 6.45) is 19.8. The Labute approximate surface area is 167 Å². The minimum atomic E-state index is -0.885. The zero-order valence-electron chi connectivity index (χ0n) is 17.6. The molecule has 1 aliphatic rings. The molecule has 1 rings (SSSR count). The van der Waals surface area contributed by atoms with Gasteiger partial charge >= 0.3 is 0 Å². The number of Topliss-reactive ketones (excluding diaryl/α,β-unsaturated/α-hetero) is 2. The van der Waals surface area contributed by atoms with Crippen LogP contribution in [0.2, 0.25) is 0 Å². The second-order valence-corrected chi connectivity index (χ2v) is 8.09. The van der Waals surface area contributed by atoms with Crippen LogP contribution in [0.5, 0.6) is 0 Å². The van der Waals surface area contributed by atoms with Crippen molar-refractivity contribution in [1.29, 1.82) is 0 Å². The van der Waals surface area contributed by atoms with E-state index >= 15 is 0 Å². The highest BCUT2D eigenvalue weighted by Crippen LogP contribution is 2.36. The highest BCUT2D eigenvalue weighted by atomic mass is 16.2. The van der Waals surface area contributed by atoms with Crippen molar-refractivity contribution in [2.45, 2.75) is 116 Å². The van der Waals surface area contributed by atoms with Crippen molar-refractivity contribution in [3.63, 3.8) is 0 Å². The first-order valence-electron chi connectivity index (χ1n) is 11.3. The summed E-state index contributed by atoms with van der Waals surface area (Å²) in [6.45, 7) is 6.00. The van der Waals surface area contributed by atoms with Gasteiger partial charge in [-0.3, -0.25) is 9.59 Å². The van der Waals surface area contributed by atoms with Gasteiger partial charge in [-0.1, -0.05) is 77.2 Å². The summed E-state index contributed by atoms with van der Waals surface area (Å²) in [6, 6.07) is 0. The third-order valence-corrected chi connectivity index (χ3v) is 5.79. The number of hydrogen-bond donors (Lipinski definition) is 0. The summed E-state index contributed by atoms with van der Waals surface area (Å²) >= 11 is 0. The van der Waals surface area contributed by atoms with Gasteiger partial charge < -0.3 is 0 Å². The van der Waals surface area contributed by atoms with E-state index in [0.29, 0.717) is 32.1 Å². The number of ketones is 2. The largest absolute Gasteiger partial charge is 0.299 e. The molecule has 0 amide bonds. The van der Waals surface area contributed by atoms with Crippen LogP contribution in [-0.2, 0) is 9.59 Å². The van der Waals surface area contributed by atoms with Crippen molar-refractivity contribution >= 4 is 11.6 Å². The molecule has 0 aromatic rings. The van der Waals surface area contributed by atoms with Gasteiger partial charge in [0, 0.05) is 25.7 Å². The lowest BCUT2D eigenvalue weighted by molar-refractivity contribution is -0.143. The predicted octanol–water partition coefficient (Wildman–Crippen LogP) is 6.97. The van der Waals surface area contributed by atoms with E-state index in [2.05, 4.69) is 25.3 Å². The Hall–Kier alpha value is -1.36. The molecule has 0 unspecified atom stereocenters. The Bertz CT molecular complexity index is 490. The van der Waals surface area contributed by atoms with Crippen LogP contribution in [0.4, 0.5) is 0 Å². The van der Waals surface area contributed by atoms with E-state index in [-0.39, 0.29) is 11.6 Å². The summed E-state index contributed by atoms with van der Waals surface area (Å²) in [5.41, 5.74) is -0.885. The van der Waals surface area contributed by atoms with E-state index in [1.165, 1.54) is 64.2 Å². The fraction of sp³-hybridized carbons (Fsp3) is 0.760. The van der Waals surface area contributed by atoms with Gasteiger partial charge in [0.25, 0.3) is 0 Å². The maximum absolute atomic E-state index is 12.3. The minimum Gasteiger partial charge on any atom is -0.299 e. The molecular weight excluding hydrogens is 332 g/mol. The maximum atomic E-state index is 12.3. The lowest BCUT2D eigenvalue weighted by atomic mass is 9.68. The van der Waals surface area contributed by atoms with Crippen LogP contribution in [0.1, 0.15) is 116 Å². The molecule has 0 aromatic carbocycles. The molecule has 1 fully saturated rings. The highest BCUT2D eigenvalue weighted by Gasteiger charge is 2.45. The zero-order chi connectivity index (χ0) is 19.8. The van der Waals surface area contributed by atoms with Crippen molar-refractivity contribution in [1.82, 2.24) is 0 Å². The number of unbranched alkanes of at least 4 members (excludes halogenated alkanes) is 11. The SMILES string of the molecule is C=CCC1(CC#CCCCCCCCCCCCCC)C(=O)CCCC1=O. The number of carbonyl (C=O) groups excluding carboxylic acids is 2. The van der Waals surface area contributed by atoms with E-state index in [0.717, 1.165) is 12.8 Å². The molecule has 27 heavy (non-hydrogen) atoms. The Morgan fingerprint density at radius 3 is 1.89 bits per heavy atom. The van der Waals surface area contributed by atoms with Crippen molar-refractivity contribution in [2.75, 3.05) is 0 Å². The molecule has 0 bridgehead atoms. The molecule has 2 nitrogen and oxygen atoms in total. The summed E-state index contributed by atoms with van der Waals surface area (Å²) in [5, 5.41) is 0. The molecule has 0 radical (unpaired) electrons. The average Bonchev–Trinajstić information content (AvgIpc) is 2.66. The summed E-state index contributed by atoms with van der Waals surface area (Å²) in [4.78, 5) is 24.7. The molecule has 0 aromatic heterocycles. The van der Waals surface area contributed by atoms with Crippen molar-refractivity contribution in [3.05, 3.63) is 12.7 Å². The molecule has 0 spiro atoms. The molecule has 0 saturated heterocycles. The second kappa shape index (κ2) is 14.7. The molecule has 152 valence electrons. The fourth-order valence-corrected chi connectivity index (χ4v) is 3.97. The number of allylic oxidation sites excluding steroid dienone is 1. The van der Waals surface area contributed by atoms with Crippen LogP contribution in [-0.4, -0.2) is 11.6 Å². The first-order chi connectivity index (χ1) is 13.2. The molecule has 0 atom stereocenters. The van der Waals surface area contributed by atoms with Gasteiger partial charge in [-0.2, -0.15) is 0 Å². The Kier molecular flexibility index (Phi) is 12.9. The quantitative estimate of drug-likeness (QED) is 0.143. The Morgan fingerprint density at radius 1 is 0.852 bits per heavy atom. The van der Waals surface area contributed by atoms with Gasteiger partial charge in [0.2, 0.25) is 0 Å². The van der Waals surface area contributed by atoms with Crippen molar-refractivity contribution in [2.24, 2.45) is 5.41 Å². The standard InChI is InChI=1S/C25H40O2/c1-3-5-6-7-8-9-10-11-12-13-14-15-16-17-22-25(21-4-2)23(26)19-18-20-24(25)27/h4H,2-3,5-15,18-22H2,1H3. The van der Waals surface area contributed by atoms with Crippen LogP contribution in [0, 0.1) is 17.3 Å². The third-order valence-electron chi connectivity index (χ3n) is 5.79. The lowest BCUT2D eigenvalue weighted by Gasteiger charge is -2.31. The van der Waals surface area contributed by atoms with E-state index in [9.17, 15) is 9.59 Å². The summed E-state index contributed by atoms with van der Waals surface area (Å²) in [7, 11) is 0. The normalized spacial score (nSPS) is 16.0. The minimum absolute atomic E-state index is 0.0719. The molecule has 0 N–H and O–H groups in total. The van der Waals surface area contributed by atoms with Gasteiger partial charge in [0.05, 0.1) is 0 Å². The highest BCUT2D eigenvalue weighted by molar-refractivity contribution is 6.09. The summed E-state index contributed by atoms with van der Waals surface area (Å²) in [5.74, 6) is 6.48. The van der Waals surface area contributed by atoms with E-state index in [1.54, 1.807) is 6.08 Å². The smallest absolute Gasteiger partial charge is 0.147 e. The van der Waals surface area contributed by atoms with Crippen LogP contribution in [0.15, 0.2) is 12.7 Å². The number of carbonyl (C=O) groups is 2. The molecular formula is C25H40O2. The predicted molar refractivity (Wildman–Crippen MR) is 115 cm³/mol. The Morgan fingerprint density at radius 2 is 1.37 bits per heavy atom. The van der Waals surface area contributed by atoms with E-state index in [1.807, 2.05) is 0 Å². The molecule has 1 saturated carbocycles. The topological polar surface area (TPSA) is 34.1 Å². The molecule has 0 heterocycles. The van der Waals surface area contributed by atoms with Gasteiger partial charge in [0.15, 0.2) is 0 Å². The van der Waals surface area contributed by atoms with Gasteiger partial charge in [0.1, 0.15) is 17.0 Å². The van der Waals surface area contributed by atoms with Crippen LogP contribution in [0.3, 0.4) is 0 Å². The zero-order valence-corrected chi connectivity index (χ0v) is 17.6. The second-order valence-electron chi connectivity index (χ2n) is 8.09. The van der Waals surface area contributed by atoms with Gasteiger partial charge in [-0.25, -0.2) is 0 Å². The average molecular weight is 373 g/mol. The molecule has 1 aliphatic carbocycles. The fourth-order valence-electron chi connectivity index (χ4n) is 3.97. The summed E-state index contributed by atoms with van der Waals surface area (Å²) < 4.78 is 0. The molecule has 0 aliphatic heterocycles. The number of hydrogen-bond acceptors (Lipinski definition) is 2. The van der Waals surface area contributed by atoms with Crippen molar-refractivity contribution in [3.8, 4) is 11.8 Å². The first kappa shape index (κ1) is 23.7. The van der Waals surface area contributed by atoms with Crippen molar-refractivity contribution < 1.29 is 9.59 Å².